The molecule has 1 N–H and O–H groups in total. The Kier molecular flexibility index (Phi) is 3.05. The summed E-state index contributed by atoms with van der Waals surface area (Å²) in [6.07, 6.45) is 7.35. The van der Waals surface area contributed by atoms with Gasteiger partial charge in [0.1, 0.15) is 12.7 Å². The van der Waals surface area contributed by atoms with Crippen molar-refractivity contribution in [1.29, 1.82) is 0 Å². The van der Waals surface area contributed by atoms with E-state index >= 15 is 0 Å². The van der Waals surface area contributed by atoms with Gasteiger partial charge < -0.3 is 5.32 Å². The lowest BCUT2D eigenvalue weighted by Crippen LogP contribution is -2.39. The van der Waals surface area contributed by atoms with Crippen LogP contribution in [0.15, 0.2) is 12.7 Å². The molecule has 0 aliphatic heterocycles. The molecular weight excluding hydrogens is 188 g/mol. The van der Waals surface area contributed by atoms with Crippen molar-refractivity contribution in [2.75, 3.05) is 6.54 Å². The SMILES string of the molecule is CC1(C)CCCC1NCCn1cncn1. The zero-order valence-electron chi connectivity index (χ0n) is 9.61. The van der Waals surface area contributed by atoms with E-state index in [2.05, 4.69) is 29.2 Å². The smallest absolute Gasteiger partial charge is 0.137 e. The van der Waals surface area contributed by atoms with Crippen LogP contribution in [-0.4, -0.2) is 27.4 Å². The van der Waals surface area contributed by atoms with Gasteiger partial charge in [-0.15, -0.1) is 0 Å². The molecule has 1 aliphatic rings. The summed E-state index contributed by atoms with van der Waals surface area (Å²) >= 11 is 0. The average molecular weight is 208 g/mol. The van der Waals surface area contributed by atoms with Crippen LogP contribution in [0, 0.1) is 5.41 Å². The quantitative estimate of drug-likeness (QED) is 0.814. The van der Waals surface area contributed by atoms with Gasteiger partial charge in [0.2, 0.25) is 0 Å². The monoisotopic (exact) mass is 208 g/mol. The van der Waals surface area contributed by atoms with Crippen LogP contribution < -0.4 is 5.32 Å². The third kappa shape index (κ3) is 2.56. The minimum absolute atomic E-state index is 0.461. The fraction of sp³-hybridized carbons (Fsp3) is 0.818. The lowest BCUT2D eigenvalue weighted by Gasteiger charge is -2.27. The summed E-state index contributed by atoms with van der Waals surface area (Å²) in [6.45, 7) is 6.60. The van der Waals surface area contributed by atoms with Crippen molar-refractivity contribution >= 4 is 0 Å². The van der Waals surface area contributed by atoms with E-state index in [9.17, 15) is 0 Å². The topological polar surface area (TPSA) is 42.7 Å². The molecule has 1 aliphatic carbocycles. The fourth-order valence-corrected chi connectivity index (χ4v) is 2.41. The summed E-state index contributed by atoms with van der Waals surface area (Å²) in [7, 11) is 0. The standard InChI is InChI=1S/C11H20N4/c1-11(2)5-3-4-10(11)13-6-7-15-9-12-8-14-15/h8-10,13H,3-7H2,1-2H3. The second-order valence-electron chi connectivity index (χ2n) is 5.05. The maximum atomic E-state index is 4.08. The Morgan fingerprint density at radius 3 is 3.00 bits per heavy atom. The Balaban J connectivity index is 1.74. The summed E-state index contributed by atoms with van der Waals surface area (Å²) in [6, 6.07) is 0.668. The fourth-order valence-electron chi connectivity index (χ4n) is 2.41. The minimum atomic E-state index is 0.461. The Hall–Kier alpha value is -0.900. The van der Waals surface area contributed by atoms with Crippen LogP contribution in [0.25, 0.3) is 0 Å². The molecule has 1 fully saturated rings. The molecule has 15 heavy (non-hydrogen) atoms. The van der Waals surface area contributed by atoms with E-state index in [0.29, 0.717) is 11.5 Å². The summed E-state index contributed by atoms with van der Waals surface area (Å²) in [5, 5.41) is 7.70. The van der Waals surface area contributed by atoms with Crippen molar-refractivity contribution in [2.45, 2.75) is 45.7 Å². The molecule has 0 bridgehead atoms. The lowest BCUT2D eigenvalue weighted by molar-refractivity contribution is 0.280. The largest absolute Gasteiger partial charge is 0.312 e. The summed E-state index contributed by atoms with van der Waals surface area (Å²) < 4.78 is 1.87. The molecule has 1 unspecified atom stereocenters. The van der Waals surface area contributed by atoms with Gasteiger partial charge in [0.25, 0.3) is 0 Å². The van der Waals surface area contributed by atoms with E-state index in [0.717, 1.165) is 13.1 Å². The van der Waals surface area contributed by atoms with Crippen LogP contribution in [-0.2, 0) is 6.54 Å². The number of nitrogens with zero attached hydrogens (tertiary/aromatic N) is 3. The predicted octanol–water partition coefficient (Wildman–Crippen LogP) is 1.45. The molecule has 1 aromatic heterocycles. The average Bonchev–Trinajstić information content (AvgIpc) is 2.77. The van der Waals surface area contributed by atoms with E-state index in [4.69, 9.17) is 0 Å². The van der Waals surface area contributed by atoms with Gasteiger partial charge in [0, 0.05) is 12.6 Å². The normalized spacial score (nSPS) is 24.5. The van der Waals surface area contributed by atoms with Gasteiger partial charge in [0.05, 0.1) is 6.54 Å². The maximum absolute atomic E-state index is 4.08. The zero-order chi connectivity index (χ0) is 10.7. The van der Waals surface area contributed by atoms with E-state index in [1.54, 1.807) is 12.7 Å². The molecule has 1 saturated carbocycles. The first-order valence-electron chi connectivity index (χ1n) is 5.74. The van der Waals surface area contributed by atoms with Gasteiger partial charge in [-0.2, -0.15) is 5.10 Å². The first-order chi connectivity index (χ1) is 7.18. The molecule has 0 spiro atoms. The number of hydrogen-bond acceptors (Lipinski definition) is 3. The second-order valence-corrected chi connectivity index (χ2v) is 5.05. The summed E-state index contributed by atoms with van der Waals surface area (Å²) in [5.41, 5.74) is 0.461. The van der Waals surface area contributed by atoms with E-state index in [1.165, 1.54) is 19.3 Å². The molecule has 1 aromatic rings. The van der Waals surface area contributed by atoms with Gasteiger partial charge in [-0.3, -0.25) is 4.68 Å². The van der Waals surface area contributed by atoms with Gasteiger partial charge >= 0.3 is 0 Å². The van der Waals surface area contributed by atoms with Crippen molar-refractivity contribution in [3.05, 3.63) is 12.7 Å². The first kappa shape index (κ1) is 10.6. The number of rotatable bonds is 4. The summed E-state index contributed by atoms with van der Waals surface area (Å²) in [4.78, 5) is 3.93. The first-order valence-corrected chi connectivity index (χ1v) is 5.74. The third-order valence-electron chi connectivity index (χ3n) is 3.46. The molecular formula is C11H20N4. The van der Waals surface area contributed by atoms with Crippen LogP contribution in [0.3, 0.4) is 0 Å². The van der Waals surface area contributed by atoms with Crippen LogP contribution in [0.5, 0.6) is 0 Å². The van der Waals surface area contributed by atoms with Crippen molar-refractivity contribution < 1.29 is 0 Å². The van der Waals surface area contributed by atoms with Crippen LogP contribution in [0.2, 0.25) is 0 Å². The van der Waals surface area contributed by atoms with E-state index in [-0.39, 0.29) is 0 Å². The van der Waals surface area contributed by atoms with Gasteiger partial charge in [-0.1, -0.05) is 20.3 Å². The van der Waals surface area contributed by atoms with E-state index in [1.807, 2.05) is 4.68 Å². The molecule has 1 atom stereocenters. The molecule has 84 valence electrons. The van der Waals surface area contributed by atoms with Crippen LogP contribution in [0.4, 0.5) is 0 Å². The molecule has 2 rings (SSSR count). The van der Waals surface area contributed by atoms with Crippen molar-refractivity contribution in [3.8, 4) is 0 Å². The number of aromatic nitrogens is 3. The Morgan fingerprint density at radius 2 is 2.40 bits per heavy atom. The summed E-state index contributed by atoms with van der Waals surface area (Å²) in [5.74, 6) is 0. The van der Waals surface area contributed by atoms with Gasteiger partial charge in [0.15, 0.2) is 0 Å². The van der Waals surface area contributed by atoms with Crippen molar-refractivity contribution in [2.24, 2.45) is 5.41 Å². The van der Waals surface area contributed by atoms with Crippen molar-refractivity contribution in [1.82, 2.24) is 20.1 Å². The third-order valence-corrected chi connectivity index (χ3v) is 3.46. The Morgan fingerprint density at radius 1 is 1.53 bits per heavy atom. The highest BCUT2D eigenvalue weighted by Crippen LogP contribution is 2.36. The molecule has 4 nitrogen and oxygen atoms in total. The maximum Gasteiger partial charge on any atom is 0.137 e. The van der Waals surface area contributed by atoms with Gasteiger partial charge in [-0.25, -0.2) is 4.98 Å². The molecule has 0 saturated heterocycles. The minimum Gasteiger partial charge on any atom is -0.312 e. The highest BCUT2D eigenvalue weighted by atomic mass is 15.3. The molecule has 0 radical (unpaired) electrons. The Labute approximate surface area is 91.1 Å². The lowest BCUT2D eigenvalue weighted by atomic mass is 9.87. The van der Waals surface area contributed by atoms with Gasteiger partial charge in [-0.05, 0) is 18.3 Å². The predicted molar refractivity (Wildman–Crippen MR) is 59.4 cm³/mol. The molecule has 0 amide bonds. The Bertz CT molecular complexity index is 292. The van der Waals surface area contributed by atoms with Crippen molar-refractivity contribution in [3.63, 3.8) is 0 Å². The highest BCUT2D eigenvalue weighted by molar-refractivity contribution is 4.89. The molecule has 0 aromatic carbocycles. The zero-order valence-corrected chi connectivity index (χ0v) is 9.61. The number of nitrogens with one attached hydrogen (secondary N) is 1. The highest BCUT2D eigenvalue weighted by Gasteiger charge is 2.33. The number of hydrogen-bond donors (Lipinski definition) is 1. The second kappa shape index (κ2) is 4.31. The molecule has 4 heteroatoms. The van der Waals surface area contributed by atoms with Crippen LogP contribution >= 0.6 is 0 Å². The van der Waals surface area contributed by atoms with Crippen LogP contribution in [0.1, 0.15) is 33.1 Å². The molecule has 1 heterocycles. The van der Waals surface area contributed by atoms with E-state index < -0.39 is 0 Å².